The highest BCUT2D eigenvalue weighted by Gasteiger charge is 2.23. The van der Waals surface area contributed by atoms with Crippen molar-refractivity contribution in [3.63, 3.8) is 0 Å². The number of esters is 1. The highest BCUT2D eigenvalue weighted by atomic mass is 16.5. The minimum atomic E-state index is -0.705. The van der Waals surface area contributed by atoms with Gasteiger partial charge in [-0.3, -0.25) is 4.79 Å². The number of carbonyl (C=O) groups is 2. The summed E-state index contributed by atoms with van der Waals surface area (Å²) >= 11 is 0. The molecule has 2 atom stereocenters. The van der Waals surface area contributed by atoms with E-state index in [0.29, 0.717) is 12.8 Å². The maximum absolute atomic E-state index is 12.5. The van der Waals surface area contributed by atoms with Crippen molar-refractivity contribution in [2.24, 2.45) is 0 Å². The Bertz CT molecular complexity index is 933. The second-order valence-electron chi connectivity index (χ2n) is 7.06. The Kier molecular flexibility index (Phi) is 6.48. The number of ether oxygens (including phenoxy) is 1. The number of nitrogens with one attached hydrogen (secondary N) is 2. The molecule has 0 bridgehead atoms. The Labute approximate surface area is 165 Å². The van der Waals surface area contributed by atoms with Gasteiger partial charge in [0.2, 0.25) is 5.91 Å². The number of rotatable bonds is 8. The molecule has 1 heterocycles. The van der Waals surface area contributed by atoms with Gasteiger partial charge in [-0.1, -0.05) is 55.5 Å². The molecule has 3 rings (SSSR count). The predicted molar refractivity (Wildman–Crippen MR) is 110 cm³/mol. The van der Waals surface area contributed by atoms with E-state index in [0.717, 1.165) is 22.9 Å². The standard InChI is InChI=1S/C23H26N2O3/c1-16(17-8-4-3-5-9-17)12-13-22(26)25-21(23(27)28-2)14-18-15-24-20-11-7-6-10-19(18)20/h3-11,15-16,21,24H,12-14H2,1-2H3,(H,25,26)/t16-,21+/m0/s1. The average Bonchev–Trinajstić information content (AvgIpc) is 3.14. The van der Waals surface area contributed by atoms with Crippen molar-refractivity contribution in [2.45, 2.75) is 38.1 Å². The Hall–Kier alpha value is -3.08. The first-order valence-corrected chi connectivity index (χ1v) is 9.55. The van der Waals surface area contributed by atoms with Crippen LogP contribution < -0.4 is 5.32 Å². The number of aromatic amines is 1. The molecule has 2 aromatic carbocycles. The SMILES string of the molecule is COC(=O)[C@@H](Cc1c[nH]c2ccccc12)NC(=O)CC[C@H](C)c1ccccc1. The Morgan fingerprint density at radius 2 is 1.79 bits per heavy atom. The molecule has 0 spiro atoms. The number of benzene rings is 2. The van der Waals surface area contributed by atoms with Crippen LogP contribution in [0.4, 0.5) is 0 Å². The molecule has 0 fully saturated rings. The molecule has 3 aromatic rings. The zero-order valence-electron chi connectivity index (χ0n) is 16.3. The van der Waals surface area contributed by atoms with Crippen LogP contribution in [0.1, 0.15) is 36.8 Å². The summed E-state index contributed by atoms with van der Waals surface area (Å²) in [6.07, 6.45) is 3.34. The third-order valence-electron chi connectivity index (χ3n) is 5.09. The van der Waals surface area contributed by atoms with Crippen LogP contribution in [0, 0.1) is 0 Å². The number of aromatic nitrogens is 1. The molecule has 0 saturated heterocycles. The van der Waals surface area contributed by atoms with E-state index in [1.54, 1.807) is 0 Å². The summed E-state index contributed by atoms with van der Waals surface area (Å²) in [6, 6.07) is 17.3. The van der Waals surface area contributed by atoms with E-state index in [1.165, 1.54) is 12.7 Å². The fourth-order valence-electron chi connectivity index (χ4n) is 3.42. The van der Waals surface area contributed by atoms with Gasteiger partial charge in [0, 0.05) is 29.9 Å². The molecule has 2 N–H and O–H groups in total. The van der Waals surface area contributed by atoms with Crippen LogP contribution in [0.2, 0.25) is 0 Å². The third kappa shape index (κ3) is 4.80. The number of methoxy groups -OCH3 is 1. The molecule has 0 aliphatic carbocycles. The zero-order valence-corrected chi connectivity index (χ0v) is 16.3. The van der Waals surface area contributed by atoms with Gasteiger partial charge in [-0.2, -0.15) is 0 Å². The second-order valence-corrected chi connectivity index (χ2v) is 7.06. The van der Waals surface area contributed by atoms with Crippen LogP contribution in [-0.2, 0) is 20.7 Å². The van der Waals surface area contributed by atoms with Crippen LogP contribution >= 0.6 is 0 Å². The minimum Gasteiger partial charge on any atom is -0.467 e. The van der Waals surface area contributed by atoms with E-state index in [9.17, 15) is 9.59 Å². The van der Waals surface area contributed by atoms with Crippen LogP contribution in [0.15, 0.2) is 60.8 Å². The third-order valence-corrected chi connectivity index (χ3v) is 5.09. The van der Waals surface area contributed by atoms with Crippen molar-refractivity contribution >= 4 is 22.8 Å². The smallest absolute Gasteiger partial charge is 0.328 e. The van der Waals surface area contributed by atoms with Gasteiger partial charge in [0.15, 0.2) is 0 Å². The van der Waals surface area contributed by atoms with Gasteiger partial charge in [0.05, 0.1) is 7.11 Å². The van der Waals surface area contributed by atoms with Gasteiger partial charge < -0.3 is 15.0 Å². The molecule has 0 unspecified atom stereocenters. The van der Waals surface area contributed by atoms with Gasteiger partial charge in [-0.05, 0) is 29.5 Å². The maximum atomic E-state index is 12.5. The molecule has 5 heteroatoms. The lowest BCUT2D eigenvalue weighted by Gasteiger charge is -2.17. The molecular formula is C23H26N2O3. The van der Waals surface area contributed by atoms with E-state index in [4.69, 9.17) is 4.74 Å². The van der Waals surface area contributed by atoms with E-state index >= 15 is 0 Å². The van der Waals surface area contributed by atoms with Crippen molar-refractivity contribution in [1.29, 1.82) is 0 Å². The molecule has 5 nitrogen and oxygen atoms in total. The van der Waals surface area contributed by atoms with Crippen LogP contribution in [0.5, 0.6) is 0 Å². The summed E-state index contributed by atoms with van der Waals surface area (Å²) in [6.45, 7) is 2.10. The van der Waals surface area contributed by atoms with Crippen LogP contribution in [0.25, 0.3) is 10.9 Å². The van der Waals surface area contributed by atoms with Crippen molar-refractivity contribution < 1.29 is 14.3 Å². The predicted octanol–water partition coefficient (Wildman–Crippen LogP) is 3.95. The fraction of sp³-hybridized carbons (Fsp3) is 0.304. The van der Waals surface area contributed by atoms with Gasteiger partial charge in [0.25, 0.3) is 0 Å². The molecule has 0 aliphatic heterocycles. The van der Waals surface area contributed by atoms with E-state index in [-0.39, 0.29) is 11.8 Å². The number of amides is 1. The number of para-hydroxylation sites is 1. The summed E-state index contributed by atoms with van der Waals surface area (Å²) in [4.78, 5) is 27.9. The Morgan fingerprint density at radius 1 is 1.07 bits per heavy atom. The maximum Gasteiger partial charge on any atom is 0.328 e. The van der Waals surface area contributed by atoms with E-state index < -0.39 is 12.0 Å². The Balaban J connectivity index is 1.62. The van der Waals surface area contributed by atoms with Crippen molar-refractivity contribution in [1.82, 2.24) is 10.3 Å². The molecule has 0 aliphatic rings. The largest absolute Gasteiger partial charge is 0.467 e. The first kappa shape index (κ1) is 19.7. The van der Waals surface area contributed by atoms with E-state index in [2.05, 4.69) is 29.4 Å². The lowest BCUT2D eigenvalue weighted by atomic mass is 9.96. The van der Waals surface area contributed by atoms with Gasteiger partial charge in [0.1, 0.15) is 6.04 Å². The summed E-state index contributed by atoms with van der Waals surface area (Å²) in [5, 5.41) is 3.89. The van der Waals surface area contributed by atoms with E-state index in [1.807, 2.05) is 48.7 Å². The van der Waals surface area contributed by atoms with Gasteiger partial charge >= 0.3 is 5.97 Å². The lowest BCUT2D eigenvalue weighted by molar-refractivity contribution is -0.145. The normalized spacial score (nSPS) is 13.1. The zero-order chi connectivity index (χ0) is 19.9. The first-order chi connectivity index (χ1) is 13.6. The quantitative estimate of drug-likeness (QED) is 0.583. The van der Waals surface area contributed by atoms with Gasteiger partial charge in [-0.15, -0.1) is 0 Å². The molecule has 1 aromatic heterocycles. The average molecular weight is 378 g/mol. The molecule has 146 valence electrons. The lowest BCUT2D eigenvalue weighted by Crippen LogP contribution is -2.43. The number of hydrogen-bond acceptors (Lipinski definition) is 3. The van der Waals surface area contributed by atoms with Crippen molar-refractivity contribution in [3.05, 3.63) is 71.9 Å². The number of hydrogen-bond donors (Lipinski definition) is 2. The highest BCUT2D eigenvalue weighted by molar-refractivity contribution is 5.87. The summed E-state index contributed by atoms with van der Waals surface area (Å²) in [7, 11) is 1.34. The number of carbonyl (C=O) groups excluding carboxylic acids is 2. The highest BCUT2D eigenvalue weighted by Crippen LogP contribution is 2.21. The second kappa shape index (κ2) is 9.22. The monoisotopic (exact) mass is 378 g/mol. The molecular weight excluding hydrogens is 352 g/mol. The Morgan fingerprint density at radius 3 is 2.54 bits per heavy atom. The van der Waals surface area contributed by atoms with Gasteiger partial charge in [-0.25, -0.2) is 4.79 Å². The number of H-pyrrole nitrogens is 1. The van der Waals surface area contributed by atoms with Crippen LogP contribution in [0.3, 0.4) is 0 Å². The van der Waals surface area contributed by atoms with Crippen LogP contribution in [-0.4, -0.2) is 30.0 Å². The van der Waals surface area contributed by atoms with Crippen molar-refractivity contribution in [2.75, 3.05) is 7.11 Å². The molecule has 0 saturated carbocycles. The number of fused-ring (bicyclic) bond motifs is 1. The first-order valence-electron chi connectivity index (χ1n) is 9.55. The fourth-order valence-corrected chi connectivity index (χ4v) is 3.42. The minimum absolute atomic E-state index is 0.141. The molecule has 28 heavy (non-hydrogen) atoms. The topological polar surface area (TPSA) is 71.2 Å². The summed E-state index contributed by atoms with van der Waals surface area (Å²) in [5.74, 6) is -0.301. The summed E-state index contributed by atoms with van der Waals surface area (Å²) < 4.78 is 4.91. The molecule has 1 amide bonds. The summed E-state index contributed by atoms with van der Waals surface area (Å²) in [5.41, 5.74) is 3.19. The van der Waals surface area contributed by atoms with Crippen molar-refractivity contribution in [3.8, 4) is 0 Å². The molecule has 0 radical (unpaired) electrons.